The van der Waals surface area contributed by atoms with Crippen molar-refractivity contribution in [2.45, 2.75) is 6.61 Å². The smallest absolute Gasteiger partial charge is 0.339 e. The molecule has 0 saturated carbocycles. The third kappa shape index (κ3) is 3.42. The zero-order valence-corrected chi connectivity index (χ0v) is 11.1. The molecular weight excluding hydrogens is 302 g/mol. The minimum absolute atomic E-state index is 0.0707. The molecule has 0 aliphatic heterocycles. The van der Waals surface area contributed by atoms with Crippen molar-refractivity contribution < 1.29 is 19.6 Å². The SMILES string of the molecule is O=C(O)c1cncnc1COc1ccc([N+](=O)[O-])c(Cl)c1. The lowest BCUT2D eigenvalue weighted by Gasteiger charge is -2.07. The summed E-state index contributed by atoms with van der Waals surface area (Å²) in [7, 11) is 0. The summed E-state index contributed by atoms with van der Waals surface area (Å²) in [5.74, 6) is -0.906. The summed E-state index contributed by atoms with van der Waals surface area (Å²) in [6.45, 7) is -0.127. The number of carbonyl (C=O) groups is 1. The Bertz CT molecular complexity index is 707. The molecule has 9 heteroatoms. The van der Waals surface area contributed by atoms with Gasteiger partial charge < -0.3 is 9.84 Å². The van der Waals surface area contributed by atoms with Crippen LogP contribution >= 0.6 is 11.6 Å². The second-order valence-electron chi connectivity index (χ2n) is 3.85. The van der Waals surface area contributed by atoms with E-state index < -0.39 is 10.9 Å². The summed E-state index contributed by atoms with van der Waals surface area (Å²) >= 11 is 5.75. The van der Waals surface area contributed by atoms with Crippen molar-refractivity contribution in [2.24, 2.45) is 0 Å². The second-order valence-corrected chi connectivity index (χ2v) is 4.25. The van der Waals surface area contributed by atoms with E-state index >= 15 is 0 Å². The molecule has 1 N–H and O–H groups in total. The average molecular weight is 310 g/mol. The zero-order chi connectivity index (χ0) is 15.4. The molecule has 0 unspecified atom stereocenters. The van der Waals surface area contributed by atoms with Gasteiger partial charge in [0.25, 0.3) is 5.69 Å². The fraction of sp³-hybridized carbons (Fsp3) is 0.0833. The summed E-state index contributed by atoms with van der Waals surface area (Å²) in [6.07, 6.45) is 2.37. The van der Waals surface area contributed by atoms with E-state index in [4.69, 9.17) is 21.4 Å². The number of benzene rings is 1. The van der Waals surface area contributed by atoms with Gasteiger partial charge in [-0.1, -0.05) is 11.6 Å². The van der Waals surface area contributed by atoms with Gasteiger partial charge in [-0.05, 0) is 6.07 Å². The molecule has 0 amide bonds. The van der Waals surface area contributed by atoms with Crippen LogP contribution in [0.15, 0.2) is 30.7 Å². The number of carboxylic acids is 1. The van der Waals surface area contributed by atoms with Crippen molar-refractivity contribution in [3.05, 3.63) is 57.1 Å². The molecule has 0 spiro atoms. The highest BCUT2D eigenvalue weighted by molar-refractivity contribution is 6.32. The maximum Gasteiger partial charge on any atom is 0.339 e. The van der Waals surface area contributed by atoms with E-state index in [0.29, 0.717) is 0 Å². The topological polar surface area (TPSA) is 115 Å². The number of hydrogen-bond donors (Lipinski definition) is 1. The molecule has 8 nitrogen and oxygen atoms in total. The van der Waals surface area contributed by atoms with E-state index in [9.17, 15) is 14.9 Å². The van der Waals surface area contributed by atoms with E-state index in [-0.39, 0.29) is 34.3 Å². The minimum Gasteiger partial charge on any atom is -0.487 e. The average Bonchev–Trinajstić information content (AvgIpc) is 2.45. The number of nitrogens with zero attached hydrogens (tertiary/aromatic N) is 3. The van der Waals surface area contributed by atoms with Crippen LogP contribution in [0.5, 0.6) is 5.75 Å². The molecular formula is C12H8ClN3O5. The molecule has 1 aromatic heterocycles. The third-order valence-corrected chi connectivity index (χ3v) is 2.82. The van der Waals surface area contributed by atoms with Crippen LogP contribution in [0.25, 0.3) is 0 Å². The Morgan fingerprint density at radius 3 is 2.86 bits per heavy atom. The lowest BCUT2D eigenvalue weighted by Crippen LogP contribution is -2.08. The largest absolute Gasteiger partial charge is 0.487 e. The van der Waals surface area contributed by atoms with Crippen molar-refractivity contribution in [3.8, 4) is 5.75 Å². The molecule has 0 aliphatic rings. The molecule has 1 aromatic carbocycles. The van der Waals surface area contributed by atoms with Crippen molar-refractivity contribution in [1.29, 1.82) is 0 Å². The second kappa shape index (κ2) is 6.14. The van der Waals surface area contributed by atoms with Gasteiger partial charge in [0.05, 0.1) is 10.6 Å². The van der Waals surface area contributed by atoms with Gasteiger partial charge in [-0.25, -0.2) is 14.8 Å². The van der Waals surface area contributed by atoms with E-state index in [1.807, 2.05) is 0 Å². The van der Waals surface area contributed by atoms with E-state index in [1.165, 1.54) is 24.5 Å². The monoisotopic (exact) mass is 309 g/mol. The van der Waals surface area contributed by atoms with E-state index in [0.717, 1.165) is 6.20 Å². The Morgan fingerprint density at radius 1 is 1.48 bits per heavy atom. The molecule has 0 radical (unpaired) electrons. The molecule has 1 heterocycles. The predicted octanol–water partition coefficient (Wildman–Crippen LogP) is 2.32. The zero-order valence-electron chi connectivity index (χ0n) is 10.4. The number of nitro benzene ring substituents is 1. The van der Waals surface area contributed by atoms with Crippen LogP contribution in [0.3, 0.4) is 0 Å². The van der Waals surface area contributed by atoms with Gasteiger partial charge in [0.15, 0.2) is 0 Å². The molecule has 0 aliphatic carbocycles. The maximum absolute atomic E-state index is 11.0. The first-order valence-electron chi connectivity index (χ1n) is 5.58. The van der Waals surface area contributed by atoms with Crippen LogP contribution in [-0.2, 0) is 6.61 Å². The van der Waals surface area contributed by atoms with Crippen LogP contribution in [0, 0.1) is 10.1 Å². The highest BCUT2D eigenvalue weighted by Gasteiger charge is 2.14. The fourth-order valence-corrected chi connectivity index (χ4v) is 1.77. The molecule has 0 bridgehead atoms. The Balaban J connectivity index is 2.16. The highest BCUT2D eigenvalue weighted by Crippen LogP contribution is 2.28. The van der Waals surface area contributed by atoms with Crippen molar-refractivity contribution in [3.63, 3.8) is 0 Å². The first-order valence-corrected chi connectivity index (χ1v) is 5.95. The van der Waals surface area contributed by atoms with Gasteiger partial charge in [0, 0.05) is 18.3 Å². The van der Waals surface area contributed by atoms with Gasteiger partial charge in [-0.15, -0.1) is 0 Å². The molecule has 0 saturated heterocycles. The molecule has 0 fully saturated rings. The Kier molecular flexibility index (Phi) is 4.29. The number of ether oxygens (including phenoxy) is 1. The Hall–Kier alpha value is -2.74. The standard InChI is InChI=1S/C12H8ClN3O5/c13-9-3-7(1-2-11(9)16(19)20)21-5-10-8(12(17)18)4-14-6-15-10/h1-4,6H,5H2,(H,17,18). The molecule has 21 heavy (non-hydrogen) atoms. The summed E-state index contributed by atoms with van der Waals surface area (Å²) in [5, 5.41) is 19.5. The number of aromatic nitrogens is 2. The van der Waals surface area contributed by atoms with Crippen LogP contribution in [0.1, 0.15) is 16.1 Å². The number of carboxylic acid groups (broad SMARTS) is 1. The van der Waals surface area contributed by atoms with E-state index in [1.54, 1.807) is 0 Å². The van der Waals surface area contributed by atoms with Crippen LogP contribution in [0.2, 0.25) is 5.02 Å². The molecule has 108 valence electrons. The first-order chi connectivity index (χ1) is 9.99. The lowest BCUT2D eigenvalue weighted by atomic mass is 10.2. The maximum atomic E-state index is 11.0. The number of aromatic carboxylic acids is 1. The van der Waals surface area contributed by atoms with Crippen LogP contribution < -0.4 is 4.74 Å². The van der Waals surface area contributed by atoms with Crippen molar-refractivity contribution >= 4 is 23.3 Å². The van der Waals surface area contributed by atoms with Gasteiger partial charge in [-0.2, -0.15) is 0 Å². The Morgan fingerprint density at radius 2 is 2.24 bits per heavy atom. The van der Waals surface area contributed by atoms with Crippen molar-refractivity contribution in [2.75, 3.05) is 0 Å². The van der Waals surface area contributed by atoms with Crippen molar-refractivity contribution in [1.82, 2.24) is 9.97 Å². The number of halogens is 1. The molecule has 2 rings (SSSR count). The fourth-order valence-electron chi connectivity index (χ4n) is 1.53. The third-order valence-electron chi connectivity index (χ3n) is 2.52. The summed E-state index contributed by atoms with van der Waals surface area (Å²) in [6, 6.07) is 3.85. The normalized spacial score (nSPS) is 10.1. The van der Waals surface area contributed by atoms with Gasteiger partial charge in [0.2, 0.25) is 0 Å². The number of rotatable bonds is 5. The summed E-state index contributed by atoms with van der Waals surface area (Å²) in [5.41, 5.74) is -0.130. The minimum atomic E-state index is -1.17. The predicted molar refractivity (Wildman–Crippen MR) is 71.4 cm³/mol. The number of hydrogen-bond acceptors (Lipinski definition) is 6. The first kappa shape index (κ1) is 14.7. The van der Waals surface area contributed by atoms with E-state index in [2.05, 4.69) is 9.97 Å². The van der Waals surface area contributed by atoms with Gasteiger partial charge in [0.1, 0.15) is 29.3 Å². The Labute approximate surface area is 123 Å². The lowest BCUT2D eigenvalue weighted by molar-refractivity contribution is -0.384. The van der Waals surface area contributed by atoms with Gasteiger partial charge in [-0.3, -0.25) is 10.1 Å². The van der Waals surface area contributed by atoms with Crippen LogP contribution in [-0.4, -0.2) is 26.0 Å². The van der Waals surface area contributed by atoms with Gasteiger partial charge >= 0.3 is 5.97 Å². The van der Waals surface area contributed by atoms with Crippen LogP contribution in [0.4, 0.5) is 5.69 Å². The summed E-state index contributed by atoms with van der Waals surface area (Å²) < 4.78 is 5.34. The summed E-state index contributed by atoms with van der Waals surface area (Å²) in [4.78, 5) is 28.4. The number of nitro groups is 1. The quantitative estimate of drug-likeness (QED) is 0.665. The highest BCUT2D eigenvalue weighted by atomic mass is 35.5. The molecule has 2 aromatic rings. The molecule has 0 atom stereocenters.